The highest BCUT2D eigenvalue weighted by Crippen LogP contribution is 2.46. The maximum absolute atomic E-state index is 10.3. The fraction of sp³-hybridized carbons (Fsp3) is 1.00. The van der Waals surface area contributed by atoms with Crippen molar-refractivity contribution in [2.75, 3.05) is 0 Å². The zero-order chi connectivity index (χ0) is 9.90. The SMILES string of the molecule is CCC(C)C(O)C1(CC)CCCC1. The molecule has 13 heavy (non-hydrogen) atoms. The molecule has 1 fully saturated rings. The van der Waals surface area contributed by atoms with Crippen LogP contribution >= 0.6 is 0 Å². The van der Waals surface area contributed by atoms with Gasteiger partial charge in [-0.15, -0.1) is 0 Å². The third-order valence-corrected chi connectivity index (χ3v) is 4.11. The van der Waals surface area contributed by atoms with E-state index in [1.165, 1.54) is 25.7 Å². The van der Waals surface area contributed by atoms with Gasteiger partial charge in [-0.25, -0.2) is 0 Å². The lowest BCUT2D eigenvalue weighted by Gasteiger charge is -2.36. The Balaban J connectivity index is 2.64. The molecule has 0 bridgehead atoms. The van der Waals surface area contributed by atoms with Gasteiger partial charge in [-0.2, -0.15) is 0 Å². The first kappa shape index (κ1) is 11.0. The normalized spacial score (nSPS) is 25.8. The number of hydrogen-bond donors (Lipinski definition) is 1. The predicted molar refractivity (Wildman–Crippen MR) is 56.7 cm³/mol. The van der Waals surface area contributed by atoms with Crippen LogP contribution in [0.3, 0.4) is 0 Å². The second-order valence-corrected chi connectivity index (χ2v) is 4.75. The average molecular weight is 184 g/mol. The monoisotopic (exact) mass is 184 g/mol. The van der Waals surface area contributed by atoms with Crippen molar-refractivity contribution in [1.29, 1.82) is 0 Å². The maximum atomic E-state index is 10.3. The molecule has 0 radical (unpaired) electrons. The van der Waals surface area contributed by atoms with Crippen molar-refractivity contribution in [3.63, 3.8) is 0 Å². The lowest BCUT2D eigenvalue weighted by atomic mass is 9.73. The van der Waals surface area contributed by atoms with Crippen molar-refractivity contribution >= 4 is 0 Å². The van der Waals surface area contributed by atoms with Gasteiger partial charge in [0.25, 0.3) is 0 Å². The summed E-state index contributed by atoms with van der Waals surface area (Å²) in [5.41, 5.74) is 0.273. The molecule has 1 aliphatic carbocycles. The van der Waals surface area contributed by atoms with E-state index < -0.39 is 0 Å². The summed E-state index contributed by atoms with van der Waals surface area (Å²) >= 11 is 0. The zero-order valence-electron chi connectivity index (χ0n) is 9.34. The van der Waals surface area contributed by atoms with Crippen LogP contribution in [0.5, 0.6) is 0 Å². The van der Waals surface area contributed by atoms with E-state index in [4.69, 9.17) is 0 Å². The molecule has 1 N–H and O–H groups in total. The summed E-state index contributed by atoms with van der Waals surface area (Å²) in [6, 6.07) is 0. The molecule has 78 valence electrons. The van der Waals surface area contributed by atoms with Crippen LogP contribution in [-0.2, 0) is 0 Å². The van der Waals surface area contributed by atoms with Crippen molar-refractivity contribution in [1.82, 2.24) is 0 Å². The summed E-state index contributed by atoms with van der Waals surface area (Å²) < 4.78 is 0. The van der Waals surface area contributed by atoms with Gasteiger partial charge in [-0.3, -0.25) is 0 Å². The molecule has 1 heteroatoms. The topological polar surface area (TPSA) is 20.2 Å². The molecule has 0 amide bonds. The summed E-state index contributed by atoms with van der Waals surface area (Å²) in [5.74, 6) is 0.470. The maximum Gasteiger partial charge on any atom is 0.0621 e. The number of aliphatic hydroxyl groups is 1. The Kier molecular flexibility index (Phi) is 3.78. The Labute approximate surface area is 82.5 Å². The third kappa shape index (κ3) is 2.07. The first-order valence-corrected chi connectivity index (χ1v) is 5.84. The van der Waals surface area contributed by atoms with Crippen LogP contribution in [-0.4, -0.2) is 11.2 Å². The minimum absolute atomic E-state index is 0.0648. The predicted octanol–water partition coefficient (Wildman–Crippen LogP) is 3.36. The van der Waals surface area contributed by atoms with E-state index in [9.17, 15) is 5.11 Å². The molecule has 0 saturated heterocycles. The summed E-state index contributed by atoms with van der Waals surface area (Å²) in [6.07, 6.45) is 7.32. The van der Waals surface area contributed by atoms with Crippen LogP contribution < -0.4 is 0 Å². The standard InChI is InChI=1S/C12H24O/c1-4-10(3)11(13)12(5-2)8-6-7-9-12/h10-11,13H,4-9H2,1-3H3. The molecule has 2 unspecified atom stereocenters. The summed E-state index contributed by atoms with van der Waals surface area (Å²) in [5, 5.41) is 10.3. The smallest absolute Gasteiger partial charge is 0.0621 e. The van der Waals surface area contributed by atoms with E-state index in [1.54, 1.807) is 0 Å². The molecule has 0 heterocycles. The summed E-state index contributed by atoms with van der Waals surface area (Å²) in [7, 11) is 0. The van der Waals surface area contributed by atoms with Crippen molar-refractivity contribution in [2.24, 2.45) is 11.3 Å². The van der Waals surface area contributed by atoms with E-state index in [0.29, 0.717) is 5.92 Å². The van der Waals surface area contributed by atoms with Gasteiger partial charge in [0.2, 0.25) is 0 Å². The fourth-order valence-electron chi connectivity index (χ4n) is 2.76. The van der Waals surface area contributed by atoms with Crippen molar-refractivity contribution in [2.45, 2.75) is 65.4 Å². The molecule has 0 spiro atoms. The molecule has 0 aromatic carbocycles. The van der Waals surface area contributed by atoms with Gasteiger partial charge in [-0.05, 0) is 30.6 Å². The molecule has 1 rings (SSSR count). The highest BCUT2D eigenvalue weighted by atomic mass is 16.3. The first-order valence-electron chi connectivity index (χ1n) is 5.84. The quantitative estimate of drug-likeness (QED) is 0.710. The summed E-state index contributed by atoms with van der Waals surface area (Å²) in [6.45, 7) is 6.59. The largest absolute Gasteiger partial charge is 0.392 e. The van der Waals surface area contributed by atoms with Crippen molar-refractivity contribution < 1.29 is 5.11 Å². The van der Waals surface area contributed by atoms with Gasteiger partial charge in [0.1, 0.15) is 0 Å². The van der Waals surface area contributed by atoms with Crippen molar-refractivity contribution in [3.05, 3.63) is 0 Å². The van der Waals surface area contributed by atoms with E-state index in [0.717, 1.165) is 12.8 Å². The van der Waals surface area contributed by atoms with Gasteiger partial charge in [0.05, 0.1) is 6.10 Å². The molecule has 0 aromatic rings. The molecular weight excluding hydrogens is 160 g/mol. The van der Waals surface area contributed by atoms with Gasteiger partial charge < -0.3 is 5.11 Å². The van der Waals surface area contributed by atoms with Crippen LogP contribution in [0, 0.1) is 11.3 Å². The van der Waals surface area contributed by atoms with E-state index in [1.807, 2.05) is 0 Å². The minimum Gasteiger partial charge on any atom is -0.392 e. The van der Waals surface area contributed by atoms with Crippen LogP contribution in [0.1, 0.15) is 59.3 Å². The van der Waals surface area contributed by atoms with Crippen LogP contribution in [0.2, 0.25) is 0 Å². The number of hydrogen-bond acceptors (Lipinski definition) is 1. The third-order valence-electron chi connectivity index (χ3n) is 4.11. The molecule has 1 nitrogen and oxygen atoms in total. The second-order valence-electron chi connectivity index (χ2n) is 4.75. The molecule has 1 aliphatic rings. The molecule has 1 saturated carbocycles. The molecule has 0 aromatic heterocycles. The highest BCUT2D eigenvalue weighted by molar-refractivity contribution is 4.91. The lowest BCUT2D eigenvalue weighted by Crippen LogP contribution is -2.36. The Morgan fingerprint density at radius 1 is 1.23 bits per heavy atom. The zero-order valence-corrected chi connectivity index (χ0v) is 9.34. The Morgan fingerprint density at radius 2 is 1.77 bits per heavy atom. The number of aliphatic hydroxyl groups excluding tert-OH is 1. The van der Waals surface area contributed by atoms with E-state index in [2.05, 4.69) is 20.8 Å². The van der Waals surface area contributed by atoms with Gasteiger partial charge in [-0.1, -0.05) is 40.0 Å². The van der Waals surface area contributed by atoms with Gasteiger partial charge in [0.15, 0.2) is 0 Å². The Bertz CT molecular complexity index is 147. The van der Waals surface area contributed by atoms with Gasteiger partial charge in [0, 0.05) is 0 Å². The van der Waals surface area contributed by atoms with Crippen LogP contribution in [0.4, 0.5) is 0 Å². The van der Waals surface area contributed by atoms with Crippen molar-refractivity contribution in [3.8, 4) is 0 Å². The summed E-state index contributed by atoms with van der Waals surface area (Å²) in [4.78, 5) is 0. The highest BCUT2D eigenvalue weighted by Gasteiger charge is 2.40. The molecular formula is C12H24O. The molecule has 2 atom stereocenters. The molecule has 0 aliphatic heterocycles. The van der Waals surface area contributed by atoms with E-state index >= 15 is 0 Å². The van der Waals surface area contributed by atoms with E-state index in [-0.39, 0.29) is 11.5 Å². The minimum atomic E-state index is -0.0648. The average Bonchev–Trinajstić information content (AvgIpc) is 2.65. The Hall–Kier alpha value is -0.0400. The second kappa shape index (κ2) is 4.45. The van der Waals surface area contributed by atoms with Gasteiger partial charge >= 0.3 is 0 Å². The van der Waals surface area contributed by atoms with Crippen LogP contribution in [0.15, 0.2) is 0 Å². The number of rotatable bonds is 4. The van der Waals surface area contributed by atoms with Crippen LogP contribution in [0.25, 0.3) is 0 Å². The Morgan fingerprint density at radius 3 is 2.15 bits per heavy atom. The first-order chi connectivity index (χ1) is 6.16. The lowest BCUT2D eigenvalue weighted by molar-refractivity contribution is -0.0149. The fourth-order valence-corrected chi connectivity index (χ4v) is 2.76.